The Morgan fingerprint density at radius 2 is 1.65 bits per heavy atom. The maximum Gasteiger partial charge on any atom is 0.357 e. The number of aromatic nitrogens is 3. The lowest BCUT2D eigenvalue weighted by Crippen LogP contribution is -2.53. The summed E-state index contributed by atoms with van der Waals surface area (Å²) in [4.78, 5) is 37.1. The molecule has 0 radical (unpaired) electrons. The summed E-state index contributed by atoms with van der Waals surface area (Å²) >= 11 is 0. The van der Waals surface area contributed by atoms with E-state index in [0.717, 1.165) is 4.57 Å². The van der Waals surface area contributed by atoms with E-state index in [0.29, 0.717) is 10.4 Å². The molecule has 1 rings (SSSR count). The van der Waals surface area contributed by atoms with Gasteiger partial charge in [-0.1, -0.05) is 0 Å². The van der Waals surface area contributed by atoms with Crippen LogP contribution < -0.4 is 17.1 Å². The van der Waals surface area contributed by atoms with E-state index < -0.39 is 22.6 Å². The van der Waals surface area contributed by atoms with Crippen LogP contribution in [0, 0.1) is 0 Å². The van der Waals surface area contributed by atoms with E-state index in [2.05, 4.69) is 10.1 Å². The van der Waals surface area contributed by atoms with Gasteiger partial charge in [0, 0.05) is 11.3 Å². The van der Waals surface area contributed by atoms with Crippen LogP contribution in [0.25, 0.3) is 0 Å². The first-order chi connectivity index (χ1) is 7.64. The van der Waals surface area contributed by atoms with Gasteiger partial charge in [0.2, 0.25) is 0 Å². The highest BCUT2D eigenvalue weighted by Gasteiger charge is 2.20. The predicted molar refractivity (Wildman–Crippen MR) is 64.8 cm³/mol. The maximum absolute atomic E-state index is 12.0. The van der Waals surface area contributed by atoms with Gasteiger partial charge in [-0.25, -0.2) is 19.0 Å². The molecule has 0 saturated heterocycles. The summed E-state index contributed by atoms with van der Waals surface area (Å²) in [6, 6.07) is 0. The molecule has 0 fully saturated rings. The van der Waals surface area contributed by atoms with Crippen molar-refractivity contribution in [2.45, 2.75) is 40.2 Å². The third-order valence-corrected chi connectivity index (χ3v) is 1.95. The summed E-state index contributed by atoms with van der Waals surface area (Å²) in [5.41, 5.74) is -2.49. The molecule has 0 bridgehead atoms. The second-order valence-corrected chi connectivity index (χ2v) is 4.88. The summed E-state index contributed by atoms with van der Waals surface area (Å²) in [6.07, 6.45) is 0. The maximum atomic E-state index is 12.0. The van der Waals surface area contributed by atoms with E-state index >= 15 is 0 Å². The van der Waals surface area contributed by atoms with Gasteiger partial charge in [-0.2, -0.15) is 5.10 Å². The molecule has 17 heavy (non-hydrogen) atoms. The van der Waals surface area contributed by atoms with Gasteiger partial charge in [-0.15, -0.1) is 4.68 Å². The molecule has 1 aromatic rings. The van der Waals surface area contributed by atoms with Gasteiger partial charge in [0.1, 0.15) is 0 Å². The zero-order valence-electron chi connectivity index (χ0n) is 10.6. The van der Waals surface area contributed by atoms with Crippen LogP contribution in [0.15, 0.2) is 19.5 Å². The van der Waals surface area contributed by atoms with E-state index in [1.807, 2.05) is 0 Å². The monoisotopic (exact) mass is 240 g/mol. The lowest BCUT2D eigenvalue weighted by molar-refractivity contribution is 0.344. The minimum atomic E-state index is -0.832. The fourth-order valence-electron chi connectivity index (χ4n) is 1.35. The molecule has 0 atom stereocenters. The van der Waals surface area contributed by atoms with Crippen molar-refractivity contribution < 1.29 is 0 Å². The third kappa shape index (κ3) is 2.61. The number of rotatable bonds is 1. The second kappa shape index (κ2) is 4.15. The number of aromatic amines is 1. The summed E-state index contributed by atoms with van der Waals surface area (Å²) in [6.45, 7) is 8.39. The number of H-pyrrole nitrogens is 1. The third-order valence-electron chi connectivity index (χ3n) is 1.95. The van der Waals surface area contributed by atoms with Crippen molar-refractivity contribution >= 4 is 5.71 Å². The van der Waals surface area contributed by atoms with Crippen LogP contribution in [-0.2, 0) is 5.54 Å². The van der Waals surface area contributed by atoms with E-state index in [-0.39, 0.29) is 0 Å². The number of nitrogens with zero attached hydrogens (tertiary/aromatic N) is 3. The SMILES string of the molecule is CC(C)=Nn1c(=O)[nH]c(=O)n(C(C)(C)C)c1=O. The van der Waals surface area contributed by atoms with E-state index in [9.17, 15) is 14.4 Å². The van der Waals surface area contributed by atoms with Crippen molar-refractivity contribution in [3.63, 3.8) is 0 Å². The molecule has 0 amide bonds. The fraction of sp³-hybridized carbons (Fsp3) is 0.600. The molecule has 7 nitrogen and oxygen atoms in total. The van der Waals surface area contributed by atoms with Crippen molar-refractivity contribution in [3.8, 4) is 0 Å². The Hall–Kier alpha value is -1.92. The molecule has 94 valence electrons. The topological polar surface area (TPSA) is 89.2 Å². The van der Waals surface area contributed by atoms with Crippen molar-refractivity contribution in [2.75, 3.05) is 0 Å². The lowest BCUT2D eigenvalue weighted by atomic mass is 10.1. The Balaban J connectivity index is 3.81. The molecular weight excluding hydrogens is 224 g/mol. The highest BCUT2D eigenvalue weighted by molar-refractivity contribution is 5.78. The Bertz CT molecular complexity index is 621. The van der Waals surface area contributed by atoms with Crippen LogP contribution in [0.3, 0.4) is 0 Å². The first kappa shape index (κ1) is 13.1. The molecule has 0 aliphatic rings. The van der Waals surface area contributed by atoms with Gasteiger partial charge < -0.3 is 0 Å². The molecule has 0 spiro atoms. The van der Waals surface area contributed by atoms with Crippen LogP contribution in [-0.4, -0.2) is 19.9 Å². The lowest BCUT2D eigenvalue weighted by Gasteiger charge is -2.20. The zero-order chi connectivity index (χ0) is 13.4. The summed E-state index contributed by atoms with van der Waals surface area (Å²) in [5.74, 6) is 0. The van der Waals surface area contributed by atoms with Crippen LogP contribution in [0.4, 0.5) is 0 Å². The number of hydrogen-bond acceptors (Lipinski definition) is 4. The molecule has 7 heteroatoms. The van der Waals surface area contributed by atoms with Crippen molar-refractivity contribution in [1.29, 1.82) is 0 Å². The Labute approximate surface area is 97.4 Å². The highest BCUT2D eigenvalue weighted by Crippen LogP contribution is 2.05. The van der Waals surface area contributed by atoms with Gasteiger partial charge in [0.05, 0.1) is 0 Å². The minimum Gasteiger partial charge on any atom is -0.257 e. The summed E-state index contributed by atoms with van der Waals surface area (Å²) in [5, 5.41) is 3.79. The Kier molecular flexibility index (Phi) is 3.21. The standard InChI is InChI=1S/C10H16N4O3/c1-6(2)12-14-8(16)11-7(15)13(9(14)17)10(3,4)5/h1-5H3,(H,11,15,16). The first-order valence-corrected chi connectivity index (χ1v) is 5.15. The van der Waals surface area contributed by atoms with Gasteiger partial charge in [-0.05, 0) is 34.6 Å². The van der Waals surface area contributed by atoms with Gasteiger partial charge in [0.15, 0.2) is 0 Å². The van der Waals surface area contributed by atoms with E-state index in [1.165, 1.54) is 0 Å². The van der Waals surface area contributed by atoms with E-state index in [4.69, 9.17) is 0 Å². The fourth-order valence-corrected chi connectivity index (χ4v) is 1.35. The summed E-state index contributed by atoms with van der Waals surface area (Å²) in [7, 11) is 0. The average molecular weight is 240 g/mol. The summed E-state index contributed by atoms with van der Waals surface area (Å²) < 4.78 is 1.61. The van der Waals surface area contributed by atoms with Crippen LogP contribution in [0.2, 0.25) is 0 Å². The Morgan fingerprint density at radius 3 is 2.06 bits per heavy atom. The molecule has 0 unspecified atom stereocenters. The molecule has 0 aromatic carbocycles. The first-order valence-electron chi connectivity index (χ1n) is 5.15. The molecule has 0 aliphatic carbocycles. The minimum absolute atomic E-state index is 0.539. The quantitative estimate of drug-likeness (QED) is 0.683. The molecular formula is C10H16N4O3. The molecule has 0 aliphatic heterocycles. The molecule has 1 heterocycles. The van der Waals surface area contributed by atoms with Crippen molar-refractivity contribution in [2.24, 2.45) is 5.10 Å². The molecule has 1 N–H and O–H groups in total. The number of hydrogen-bond donors (Lipinski definition) is 1. The molecule has 1 aromatic heterocycles. The molecule has 0 saturated carbocycles. The van der Waals surface area contributed by atoms with Crippen LogP contribution in [0.5, 0.6) is 0 Å². The largest absolute Gasteiger partial charge is 0.357 e. The highest BCUT2D eigenvalue weighted by atomic mass is 16.2. The average Bonchev–Trinajstić information content (AvgIpc) is 2.08. The number of nitrogens with one attached hydrogen (secondary N) is 1. The van der Waals surface area contributed by atoms with Gasteiger partial charge >= 0.3 is 17.1 Å². The van der Waals surface area contributed by atoms with Crippen molar-refractivity contribution in [1.82, 2.24) is 14.2 Å². The predicted octanol–water partition coefficient (Wildman–Crippen LogP) is -0.303. The Morgan fingerprint density at radius 1 is 1.12 bits per heavy atom. The van der Waals surface area contributed by atoms with E-state index in [1.54, 1.807) is 34.6 Å². The zero-order valence-corrected chi connectivity index (χ0v) is 10.6. The van der Waals surface area contributed by atoms with Crippen LogP contribution in [0.1, 0.15) is 34.6 Å². The van der Waals surface area contributed by atoms with Gasteiger partial charge in [0.25, 0.3) is 0 Å². The van der Waals surface area contributed by atoms with Crippen molar-refractivity contribution in [3.05, 3.63) is 31.5 Å². The normalized spacial score (nSPS) is 11.4. The second-order valence-electron chi connectivity index (χ2n) is 4.88. The van der Waals surface area contributed by atoms with Crippen LogP contribution >= 0.6 is 0 Å². The smallest absolute Gasteiger partial charge is 0.257 e. The van der Waals surface area contributed by atoms with Gasteiger partial charge in [-0.3, -0.25) is 4.98 Å².